The molecule has 0 saturated carbocycles. The van der Waals surface area contributed by atoms with Gasteiger partial charge >= 0.3 is 5.97 Å². The van der Waals surface area contributed by atoms with E-state index in [9.17, 15) is 14.4 Å². The van der Waals surface area contributed by atoms with Gasteiger partial charge in [-0.3, -0.25) is 9.59 Å². The van der Waals surface area contributed by atoms with E-state index in [0.29, 0.717) is 0 Å². The Morgan fingerprint density at radius 1 is 1.47 bits per heavy atom. The van der Waals surface area contributed by atoms with E-state index in [4.69, 9.17) is 10.8 Å². The highest BCUT2D eigenvalue weighted by molar-refractivity contribution is 5.88. The number of hydrogen-bond acceptors (Lipinski definition) is 3. The van der Waals surface area contributed by atoms with Gasteiger partial charge < -0.3 is 16.2 Å². The largest absolute Gasteiger partial charge is 0.480 e. The van der Waals surface area contributed by atoms with Crippen molar-refractivity contribution >= 4 is 17.8 Å². The number of carboxylic acid groups (broad SMARTS) is 1. The standard InChI is InChI=1S/C11H16N2O4/c12-9(14)6-8(11(16)17)13-10(15)5-7-3-1-2-4-7/h1,3,7-8H,2,4-6H2,(H2,12,14)(H,13,15)(H,16,17)/t7?,8-/m1/s1. The average Bonchev–Trinajstić information content (AvgIpc) is 2.68. The first-order valence-corrected chi connectivity index (χ1v) is 5.46. The van der Waals surface area contributed by atoms with Gasteiger partial charge in [-0.15, -0.1) is 0 Å². The Morgan fingerprint density at radius 2 is 2.18 bits per heavy atom. The molecule has 4 N–H and O–H groups in total. The molecule has 1 aliphatic rings. The third kappa shape index (κ3) is 4.67. The molecule has 0 fully saturated rings. The summed E-state index contributed by atoms with van der Waals surface area (Å²) in [5, 5.41) is 11.1. The lowest BCUT2D eigenvalue weighted by Gasteiger charge is -2.14. The number of carboxylic acids is 1. The quantitative estimate of drug-likeness (QED) is 0.558. The minimum absolute atomic E-state index is 0.165. The summed E-state index contributed by atoms with van der Waals surface area (Å²) in [5.74, 6) is -2.20. The fourth-order valence-corrected chi connectivity index (χ4v) is 1.76. The number of allylic oxidation sites excluding steroid dienone is 2. The summed E-state index contributed by atoms with van der Waals surface area (Å²) in [5.41, 5.74) is 4.91. The first-order valence-electron chi connectivity index (χ1n) is 5.46. The zero-order valence-corrected chi connectivity index (χ0v) is 9.39. The van der Waals surface area contributed by atoms with Crippen molar-refractivity contribution in [1.82, 2.24) is 5.32 Å². The van der Waals surface area contributed by atoms with E-state index in [1.165, 1.54) is 0 Å². The third-order valence-electron chi connectivity index (χ3n) is 2.60. The van der Waals surface area contributed by atoms with Crippen LogP contribution in [0.2, 0.25) is 0 Å². The van der Waals surface area contributed by atoms with Crippen LogP contribution in [-0.4, -0.2) is 28.9 Å². The van der Waals surface area contributed by atoms with Crippen LogP contribution in [0.4, 0.5) is 0 Å². The fraction of sp³-hybridized carbons (Fsp3) is 0.545. The second-order valence-corrected chi connectivity index (χ2v) is 4.10. The Kier molecular flexibility index (Phi) is 4.68. The van der Waals surface area contributed by atoms with Crippen LogP contribution in [0.25, 0.3) is 0 Å². The molecule has 1 rings (SSSR count). The minimum atomic E-state index is -1.25. The molecule has 0 radical (unpaired) electrons. The van der Waals surface area contributed by atoms with Crippen LogP contribution in [-0.2, 0) is 14.4 Å². The minimum Gasteiger partial charge on any atom is -0.480 e. The highest BCUT2D eigenvalue weighted by Gasteiger charge is 2.23. The zero-order valence-electron chi connectivity index (χ0n) is 9.39. The molecule has 0 spiro atoms. The van der Waals surface area contributed by atoms with Gasteiger partial charge in [-0.2, -0.15) is 0 Å². The van der Waals surface area contributed by atoms with Crippen LogP contribution in [0.15, 0.2) is 12.2 Å². The Morgan fingerprint density at radius 3 is 2.65 bits per heavy atom. The maximum atomic E-state index is 11.5. The maximum absolute atomic E-state index is 11.5. The summed E-state index contributed by atoms with van der Waals surface area (Å²) in [4.78, 5) is 32.9. The van der Waals surface area contributed by atoms with Gasteiger partial charge in [0, 0.05) is 6.42 Å². The maximum Gasteiger partial charge on any atom is 0.326 e. The number of nitrogens with two attached hydrogens (primary N) is 1. The van der Waals surface area contributed by atoms with Crippen molar-refractivity contribution in [2.45, 2.75) is 31.7 Å². The SMILES string of the molecule is NC(=O)C[C@@H](NC(=O)CC1C=CCC1)C(=O)O. The van der Waals surface area contributed by atoms with Crippen molar-refractivity contribution in [3.05, 3.63) is 12.2 Å². The van der Waals surface area contributed by atoms with Crippen molar-refractivity contribution in [1.29, 1.82) is 0 Å². The number of rotatable bonds is 6. The van der Waals surface area contributed by atoms with Crippen molar-refractivity contribution in [2.75, 3.05) is 0 Å². The molecule has 2 atom stereocenters. The molecule has 17 heavy (non-hydrogen) atoms. The lowest BCUT2D eigenvalue weighted by molar-refractivity contribution is -0.143. The Hall–Kier alpha value is -1.85. The van der Waals surface area contributed by atoms with Crippen LogP contribution in [0, 0.1) is 5.92 Å². The van der Waals surface area contributed by atoms with E-state index in [1.54, 1.807) is 0 Å². The zero-order chi connectivity index (χ0) is 12.8. The lowest BCUT2D eigenvalue weighted by atomic mass is 10.0. The van der Waals surface area contributed by atoms with Crippen LogP contribution in [0.5, 0.6) is 0 Å². The van der Waals surface area contributed by atoms with Gasteiger partial charge in [0.2, 0.25) is 11.8 Å². The van der Waals surface area contributed by atoms with Gasteiger partial charge in [0.25, 0.3) is 0 Å². The van der Waals surface area contributed by atoms with Crippen LogP contribution in [0.1, 0.15) is 25.7 Å². The fourth-order valence-electron chi connectivity index (χ4n) is 1.76. The predicted octanol–water partition coefficient (Wildman–Crippen LogP) is -0.213. The molecular formula is C11H16N2O4. The van der Waals surface area contributed by atoms with Gasteiger partial charge in [0.05, 0.1) is 6.42 Å². The molecule has 0 saturated heterocycles. The van der Waals surface area contributed by atoms with E-state index < -0.39 is 17.9 Å². The van der Waals surface area contributed by atoms with Gasteiger partial charge in [-0.25, -0.2) is 4.79 Å². The predicted molar refractivity (Wildman–Crippen MR) is 59.9 cm³/mol. The molecule has 0 aromatic heterocycles. The number of primary amides is 1. The van der Waals surface area contributed by atoms with E-state index in [2.05, 4.69) is 5.32 Å². The summed E-state index contributed by atoms with van der Waals surface area (Å²) in [6.45, 7) is 0. The Balaban J connectivity index is 2.43. The average molecular weight is 240 g/mol. The van der Waals surface area contributed by atoms with E-state index >= 15 is 0 Å². The molecule has 0 heterocycles. The van der Waals surface area contributed by atoms with Crippen LogP contribution >= 0.6 is 0 Å². The molecule has 1 unspecified atom stereocenters. The molecule has 2 amide bonds. The Labute approximate surface area is 98.9 Å². The molecule has 94 valence electrons. The molecule has 0 aromatic carbocycles. The van der Waals surface area contributed by atoms with Crippen molar-refractivity contribution in [3.63, 3.8) is 0 Å². The smallest absolute Gasteiger partial charge is 0.326 e. The Bertz CT molecular complexity index is 351. The number of nitrogens with one attached hydrogen (secondary N) is 1. The third-order valence-corrected chi connectivity index (χ3v) is 2.60. The molecule has 6 nitrogen and oxygen atoms in total. The number of aliphatic carboxylic acids is 1. The summed E-state index contributed by atoms with van der Waals surface area (Å²) >= 11 is 0. The van der Waals surface area contributed by atoms with Crippen LogP contribution < -0.4 is 11.1 Å². The summed E-state index contributed by atoms with van der Waals surface area (Å²) in [6.07, 6.45) is 5.66. The highest BCUT2D eigenvalue weighted by atomic mass is 16.4. The van der Waals surface area contributed by atoms with Gasteiger partial charge in [0.1, 0.15) is 6.04 Å². The first-order chi connectivity index (χ1) is 7.99. The monoisotopic (exact) mass is 240 g/mol. The number of amides is 2. The number of carbonyl (C=O) groups excluding carboxylic acids is 2. The van der Waals surface area contributed by atoms with E-state index in [1.807, 2.05) is 12.2 Å². The summed E-state index contributed by atoms with van der Waals surface area (Å²) < 4.78 is 0. The molecule has 1 aliphatic carbocycles. The highest BCUT2D eigenvalue weighted by Crippen LogP contribution is 2.20. The second kappa shape index (κ2) is 6.03. The lowest BCUT2D eigenvalue weighted by Crippen LogP contribution is -2.43. The van der Waals surface area contributed by atoms with E-state index in [-0.39, 0.29) is 24.7 Å². The van der Waals surface area contributed by atoms with Crippen molar-refractivity contribution in [2.24, 2.45) is 11.7 Å². The van der Waals surface area contributed by atoms with Gasteiger partial charge in [-0.1, -0.05) is 12.2 Å². The van der Waals surface area contributed by atoms with Crippen molar-refractivity contribution < 1.29 is 19.5 Å². The number of hydrogen-bond donors (Lipinski definition) is 3. The molecular weight excluding hydrogens is 224 g/mol. The van der Waals surface area contributed by atoms with Crippen LogP contribution in [0.3, 0.4) is 0 Å². The first kappa shape index (κ1) is 13.2. The molecule has 6 heteroatoms. The van der Waals surface area contributed by atoms with Gasteiger partial charge in [0.15, 0.2) is 0 Å². The normalized spacial score (nSPS) is 19.9. The van der Waals surface area contributed by atoms with Crippen molar-refractivity contribution in [3.8, 4) is 0 Å². The molecule has 0 aromatic rings. The van der Waals surface area contributed by atoms with Gasteiger partial charge in [-0.05, 0) is 18.8 Å². The topological polar surface area (TPSA) is 109 Å². The molecule has 0 aliphatic heterocycles. The summed E-state index contributed by atoms with van der Waals surface area (Å²) in [7, 11) is 0. The molecule has 0 bridgehead atoms. The summed E-state index contributed by atoms with van der Waals surface area (Å²) in [6, 6.07) is -1.23. The van der Waals surface area contributed by atoms with E-state index in [0.717, 1.165) is 12.8 Å². The second-order valence-electron chi connectivity index (χ2n) is 4.10. The number of carbonyl (C=O) groups is 3.